The molecule has 1 aromatic rings. The predicted molar refractivity (Wildman–Crippen MR) is 78.4 cm³/mol. The van der Waals surface area contributed by atoms with Crippen molar-refractivity contribution in [2.75, 3.05) is 0 Å². The molecular weight excluding hydrogens is 312 g/mol. The Hall–Kier alpha value is -0.480. The van der Waals surface area contributed by atoms with Crippen LogP contribution < -0.4 is 0 Å². The van der Waals surface area contributed by atoms with Crippen LogP contribution in [0.5, 0.6) is 0 Å². The fraction of sp³-hybridized carbons (Fsp3) is 0.500. The topological polar surface area (TPSA) is 37.3 Å². The van der Waals surface area contributed by atoms with E-state index in [4.69, 9.17) is 5.11 Å². The minimum atomic E-state index is -0.885. The van der Waals surface area contributed by atoms with Crippen LogP contribution in [0.25, 0.3) is 0 Å². The first-order valence-electron chi connectivity index (χ1n) is 6.25. The Kier molecular flexibility index (Phi) is 4.73. The van der Waals surface area contributed by atoms with Crippen molar-refractivity contribution in [1.29, 1.82) is 0 Å². The summed E-state index contributed by atoms with van der Waals surface area (Å²) in [7, 11) is 0. The highest BCUT2D eigenvalue weighted by Gasteiger charge is 2.20. The number of hydrogen-bond acceptors (Lipinski definition) is 2. The summed E-state index contributed by atoms with van der Waals surface area (Å²) in [6.45, 7) is 2.32. The Balaban J connectivity index is 2.05. The second kappa shape index (κ2) is 6.11. The molecule has 2 rings (SSSR count). The molecule has 4 heteroatoms. The Bertz CT molecular complexity index is 447. The van der Waals surface area contributed by atoms with Crippen LogP contribution in [0.15, 0.2) is 27.6 Å². The van der Waals surface area contributed by atoms with Crippen molar-refractivity contribution < 1.29 is 9.90 Å². The van der Waals surface area contributed by atoms with E-state index in [1.54, 1.807) is 6.07 Å². The molecule has 2 atom stereocenters. The second-order valence-electron chi connectivity index (χ2n) is 4.96. The zero-order valence-electron chi connectivity index (χ0n) is 10.4. The van der Waals surface area contributed by atoms with Crippen LogP contribution in [-0.4, -0.2) is 16.3 Å². The summed E-state index contributed by atoms with van der Waals surface area (Å²) < 4.78 is 0.670. The first kappa shape index (κ1) is 13.9. The van der Waals surface area contributed by atoms with E-state index < -0.39 is 5.97 Å². The van der Waals surface area contributed by atoms with E-state index >= 15 is 0 Å². The predicted octanol–water partition coefficient (Wildman–Crippen LogP) is 4.82. The van der Waals surface area contributed by atoms with Gasteiger partial charge in [-0.2, -0.15) is 0 Å². The maximum absolute atomic E-state index is 10.9. The molecule has 1 aromatic carbocycles. The number of benzene rings is 1. The quantitative estimate of drug-likeness (QED) is 0.864. The molecule has 0 amide bonds. The van der Waals surface area contributed by atoms with Crippen LogP contribution in [0.4, 0.5) is 0 Å². The van der Waals surface area contributed by atoms with Crippen LogP contribution in [0.2, 0.25) is 0 Å². The maximum Gasteiger partial charge on any atom is 0.336 e. The third-order valence-electron chi connectivity index (χ3n) is 3.36. The molecule has 1 aliphatic rings. The summed E-state index contributed by atoms with van der Waals surface area (Å²) in [6, 6.07) is 5.52. The van der Waals surface area contributed by atoms with Crippen molar-refractivity contribution >= 4 is 33.7 Å². The molecular formula is C14H17BrO2S. The van der Waals surface area contributed by atoms with Gasteiger partial charge in [-0.3, -0.25) is 0 Å². The number of thioether (sulfide) groups is 1. The lowest BCUT2D eigenvalue weighted by molar-refractivity contribution is 0.0696. The summed E-state index contributed by atoms with van der Waals surface area (Å²) in [5.41, 5.74) is 0.330. The van der Waals surface area contributed by atoms with E-state index in [1.807, 2.05) is 23.9 Å². The number of hydrogen-bond donors (Lipinski definition) is 1. The summed E-state index contributed by atoms with van der Waals surface area (Å²) in [5.74, 6) is -0.0669. The minimum absolute atomic E-state index is 0.330. The molecule has 1 fully saturated rings. The first-order valence-corrected chi connectivity index (χ1v) is 7.93. The van der Waals surface area contributed by atoms with Crippen LogP contribution in [0, 0.1) is 5.92 Å². The summed E-state index contributed by atoms with van der Waals surface area (Å²) >= 11 is 5.21. The highest BCUT2D eigenvalue weighted by atomic mass is 79.9. The lowest BCUT2D eigenvalue weighted by Gasteiger charge is -2.26. The largest absolute Gasteiger partial charge is 0.478 e. The van der Waals surface area contributed by atoms with Gasteiger partial charge < -0.3 is 5.11 Å². The second-order valence-corrected chi connectivity index (χ2v) is 7.19. The van der Waals surface area contributed by atoms with Gasteiger partial charge in [-0.1, -0.05) is 19.8 Å². The van der Waals surface area contributed by atoms with E-state index in [2.05, 4.69) is 22.9 Å². The molecule has 0 bridgehead atoms. The molecule has 98 valence electrons. The van der Waals surface area contributed by atoms with E-state index in [-0.39, 0.29) is 0 Å². The van der Waals surface area contributed by atoms with E-state index in [0.29, 0.717) is 15.3 Å². The number of rotatable bonds is 3. The molecule has 1 aliphatic carbocycles. The average Bonchev–Trinajstić information content (AvgIpc) is 2.28. The van der Waals surface area contributed by atoms with Crippen LogP contribution in [0.1, 0.15) is 43.0 Å². The zero-order valence-corrected chi connectivity index (χ0v) is 12.8. The molecule has 1 N–H and O–H groups in total. The van der Waals surface area contributed by atoms with Crippen molar-refractivity contribution in [2.45, 2.75) is 42.8 Å². The molecule has 2 unspecified atom stereocenters. The molecule has 0 aromatic heterocycles. The standard InChI is InChI=1S/C14H17BrO2S/c1-9-3-2-4-10(7-9)18-11-5-6-12(14(16)17)13(15)8-11/h5-6,8-10H,2-4,7H2,1H3,(H,16,17). The Labute approximate surface area is 120 Å². The van der Waals surface area contributed by atoms with Gasteiger partial charge in [0, 0.05) is 14.6 Å². The first-order chi connectivity index (χ1) is 8.56. The van der Waals surface area contributed by atoms with Crippen molar-refractivity contribution in [3.8, 4) is 0 Å². The Morgan fingerprint density at radius 2 is 2.22 bits per heavy atom. The molecule has 2 nitrogen and oxygen atoms in total. The van der Waals surface area contributed by atoms with Crippen molar-refractivity contribution in [3.05, 3.63) is 28.2 Å². The van der Waals surface area contributed by atoms with Crippen LogP contribution in [0.3, 0.4) is 0 Å². The highest BCUT2D eigenvalue weighted by Crippen LogP contribution is 2.37. The third kappa shape index (κ3) is 3.51. The molecule has 0 heterocycles. The van der Waals surface area contributed by atoms with E-state index in [0.717, 1.165) is 10.8 Å². The lowest BCUT2D eigenvalue weighted by Crippen LogP contribution is -2.14. The SMILES string of the molecule is CC1CCCC(Sc2ccc(C(=O)O)c(Br)c2)C1. The van der Waals surface area contributed by atoms with Crippen molar-refractivity contribution in [1.82, 2.24) is 0 Å². The molecule has 1 saturated carbocycles. The van der Waals surface area contributed by atoms with Gasteiger partial charge in [0.05, 0.1) is 5.56 Å². The number of halogens is 1. The summed E-state index contributed by atoms with van der Waals surface area (Å²) in [5, 5.41) is 9.65. The lowest BCUT2D eigenvalue weighted by atomic mass is 9.91. The maximum atomic E-state index is 10.9. The Morgan fingerprint density at radius 1 is 1.44 bits per heavy atom. The smallest absolute Gasteiger partial charge is 0.336 e. The van der Waals surface area contributed by atoms with E-state index in [9.17, 15) is 4.79 Å². The number of aromatic carboxylic acids is 1. The van der Waals surface area contributed by atoms with Gasteiger partial charge in [-0.05, 0) is 52.9 Å². The fourth-order valence-electron chi connectivity index (χ4n) is 2.42. The Morgan fingerprint density at radius 3 is 2.83 bits per heavy atom. The van der Waals surface area contributed by atoms with E-state index in [1.165, 1.54) is 25.7 Å². The van der Waals surface area contributed by atoms with Gasteiger partial charge in [-0.25, -0.2) is 4.79 Å². The summed E-state index contributed by atoms with van der Waals surface area (Å²) in [4.78, 5) is 12.1. The van der Waals surface area contributed by atoms with Gasteiger partial charge in [0.15, 0.2) is 0 Å². The van der Waals surface area contributed by atoms with Gasteiger partial charge in [0.1, 0.15) is 0 Å². The summed E-state index contributed by atoms with van der Waals surface area (Å²) in [6.07, 6.45) is 5.20. The normalized spacial score (nSPS) is 23.9. The molecule has 0 spiro atoms. The number of carboxylic acid groups (broad SMARTS) is 1. The number of carbonyl (C=O) groups is 1. The average molecular weight is 329 g/mol. The monoisotopic (exact) mass is 328 g/mol. The van der Waals surface area contributed by atoms with Gasteiger partial charge >= 0.3 is 5.97 Å². The van der Waals surface area contributed by atoms with Gasteiger partial charge in [-0.15, -0.1) is 11.8 Å². The highest BCUT2D eigenvalue weighted by molar-refractivity contribution is 9.10. The molecule has 0 radical (unpaired) electrons. The third-order valence-corrected chi connectivity index (χ3v) is 5.31. The van der Waals surface area contributed by atoms with Crippen LogP contribution in [-0.2, 0) is 0 Å². The van der Waals surface area contributed by atoms with Crippen LogP contribution >= 0.6 is 27.7 Å². The fourth-order valence-corrected chi connectivity index (χ4v) is 4.55. The minimum Gasteiger partial charge on any atom is -0.478 e. The van der Waals surface area contributed by atoms with Crippen molar-refractivity contribution in [3.63, 3.8) is 0 Å². The molecule has 0 aliphatic heterocycles. The van der Waals surface area contributed by atoms with Crippen molar-refractivity contribution in [2.24, 2.45) is 5.92 Å². The molecule has 18 heavy (non-hydrogen) atoms. The molecule has 0 saturated heterocycles. The number of carboxylic acids is 1. The van der Waals surface area contributed by atoms with Gasteiger partial charge in [0.25, 0.3) is 0 Å². The van der Waals surface area contributed by atoms with Gasteiger partial charge in [0.2, 0.25) is 0 Å². The zero-order chi connectivity index (χ0) is 13.1.